The van der Waals surface area contributed by atoms with Crippen LogP contribution in [0.25, 0.3) is 10.9 Å². The number of rotatable bonds is 1. The SMILES string of the molecule is C1CCCC1.O=[N+]([O-])c1cccc2cccnc12. The first-order valence-corrected chi connectivity index (χ1v) is 6.27. The van der Waals surface area contributed by atoms with Crippen LogP contribution in [0.4, 0.5) is 5.69 Å². The minimum absolute atomic E-state index is 0.0538. The third-order valence-corrected chi connectivity index (χ3v) is 3.06. The Hall–Kier alpha value is -1.97. The molecule has 18 heavy (non-hydrogen) atoms. The fraction of sp³-hybridized carbons (Fsp3) is 0.357. The Morgan fingerprint density at radius 1 is 1.00 bits per heavy atom. The molecule has 2 aromatic rings. The van der Waals surface area contributed by atoms with Crippen LogP contribution in [0.15, 0.2) is 36.5 Å². The highest BCUT2D eigenvalue weighted by Gasteiger charge is 2.10. The summed E-state index contributed by atoms with van der Waals surface area (Å²) < 4.78 is 0. The number of nitro groups is 1. The van der Waals surface area contributed by atoms with Crippen LogP contribution in [-0.4, -0.2) is 9.91 Å². The normalized spacial score (nSPS) is 14.0. The summed E-state index contributed by atoms with van der Waals surface area (Å²) in [5.74, 6) is 0. The van der Waals surface area contributed by atoms with E-state index in [1.54, 1.807) is 30.5 Å². The number of fused-ring (bicyclic) bond motifs is 1. The molecule has 0 spiro atoms. The number of aromatic nitrogens is 1. The van der Waals surface area contributed by atoms with Crippen LogP contribution >= 0.6 is 0 Å². The van der Waals surface area contributed by atoms with Crippen molar-refractivity contribution in [1.29, 1.82) is 0 Å². The molecular weight excluding hydrogens is 228 g/mol. The molecule has 1 aromatic carbocycles. The molecule has 4 heteroatoms. The highest BCUT2D eigenvalue weighted by atomic mass is 16.6. The average Bonchev–Trinajstić information content (AvgIpc) is 2.97. The van der Waals surface area contributed by atoms with Gasteiger partial charge in [-0.05, 0) is 6.07 Å². The summed E-state index contributed by atoms with van der Waals surface area (Å²) in [5, 5.41) is 11.4. The van der Waals surface area contributed by atoms with Crippen molar-refractivity contribution < 1.29 is 4.92 Å². The maximum absolute atomic E-state index is 10.6. The van der Waals surface area contributed by atoms with Gasteiger partial charge in [-0.25, -0.2) is 4.98 Å². The molecule has 1 aliphatic rings. The van der Waals surface area contributed by atoms with Crippen LogP contribution in [0.5, 0.6) is 0 Å². The Labute approximate surface area is 106 Å². The summed E-state index contributed by atoms with van der Waals surface area (Å²) in [5.41, 5.74) is 0.494. The van der Waals surface area contributed by atoms with Crippen molar-refractivity contribution in [3.05, 3.63) is 46.6 Å². The third-order valence-electron chi connectivity index (χ3n) is 3.06. The van der Waals surface area contributed by atoms with Gasteiger partial charge in [0.25, 0.3) is 5.69 Å². The van der Waals surface area contributed by atoms with Gasteiger partial charge < -0.3 is 0 Å². The smallest absolute Gasteiger partial charge is 0.258 e. The minimum Gasteiger partial charge on any atom is -0.258 e. The molecule has 0 bridgehead atoms. The number of pyridine rings is 1. The molecular formula is C14H16N2O2. The van der Waals surface area contributed by atoms with Crippen LogP contribution in [0.3, 0.4) is 0 Å². The van der Waals surface area contributed by atoms with Crippen LogP contribution < -0.4 is 0 Å². The molecule has 1 aromatic heterocycles. The first kappa shape index (κ1) is 12.5. The van der Waals surface area contributed by atoms with Crippen molar-refractivity contribution in [2.45, 2.75) is 32.1 Å². The Morgan fingerprint density at radius 3 is 2.22 bits per heavy atom. The van der Waals surface area contributed by atoms with Crippen molar-refractivity contribution in [2.75, 3.05) is 0 Å². The van der Waals surface area contributed by atoms with E-state index in [0.717, 1.165) is 5.39 Å². The maximum atomic E-state index is 10.6. The van der Waals surface area contributed by atoms with E-state index in [1.807, 2.05) is 0 Å². The zero-order valence-electron chi connectivity index (χ0n) is 10.2. The molecule has 4 nitrogen and oxygen atoms in total. The van der Waals surface area contributed by atoms with Crippen LogP contribution in [0.1, 0.15) is 32.1 Å². The Bertz CT molecular complexity index is 523. The predicted molar refractivity (Wildman–Crippen MR) is 71.5 cm³/mol. The molecule has 0 amide bonds. The van der Waals surface area contributed by atoms with Gasteiger partial charge in [0.1, 0.15) is 5.52 Å². The van der Waals surface area contributed by atoms with E-state index >= 15 is 0 Å². The van der Waals surface area contributed by atoms with Crippen LogP contribution in [0, 0.1) is 10.1 Å². The standard InChI is InChI=1S/C9H6N2O2.C5H10/c12-11(13)8-5-1-3-7-4-2-6-10-9(7)8;1-2-4-5-3-1/h1-6H;1-5H2. The second-order valence-corrected chi connectivity index (χ2v) is 4.38. The van der Waals surface area contributed by atoms with Crippen LogP contribution in [-0.2, 0) is 0 Å². The lowest BCUT2D eigenvalue weighted by molar-refractivity contribution is -0.383. The molecule has 94 valence electrons. The molecule has 0 radical (unpaired) electrons. The Kier molecular flexibility index (Phi) is 4.23. The Morgan fingerprint density at radius 2 is 1.61 bits per heavy atom. The first-order valence-electron chi connectivity index (χ1n) is 6.27. The number of benzene rings is 1. The molecule has 1 heterocycles. The van der Waals surface area contributed by atoms with Gasteiger partial charge in [-0.15, -0.1) is 0 Å². The summed E-state index contributed by atoms with van der Waals surface area (Å²) in [6.07, 6.45) is 9.05. The highest BCUT2D eigenvalue weighted by molar-refractivity contribution is 5.86. The van der Waals surface area contributed by atoms with Gasteiger partial charge in [0.05, 0.1) is 4.92 Å². The summed E-state index contributed by atoms with van der Waals surface area (Å²) in [7, 11) is 0. The maximum Gasteiger partial charge on any atom is 0.295 e. The average molecular weight is 244 g/mol. The third kappa shape index (κ3) is 3.03. The molecule has 0 unspecified atom stereocenters. The molecule has 0 saturated heterocycles. The minimum atomic E-state index is -0.421. The monoisotopic (exact) mass is 244 g/mol. The number of nitrogens with zero attached hydrogens (tertiary/aromatic N) is 2. The largest absolute Gasteiger partial charge is 0.295 e. The molecule has 1 saturated carbocycles. The van der Waals surface area contributed by atoms with E-state index in [4.69, 9.17) is 0 Å². The number of non-ortho nitro benzene ring substituents is 1. The lowest BCUT2D eigenvalue weighted by Crippen LogP contribution is -1.90. The Balaban J connectivity index is 0.000000202. The van der Waals surface area contributed by atoms with E-state index in [9.17, 15) is 10.1 Å². The van der Waals surface area contributed by atoms with Crippen molar-refractivity contribution in [3.63, 3.8) is 0 Å². The molecule has 0 atom stereocenters. The van der Waals surface area contributed by atoms with E-state index in [2.05, 4.69) is 4.98 Å². The molecule has 0 aliphatic heterocycles. The van der Waals surface area contributed by atoms with Crippen molar-refractivity contribution in [2.24, 2.45) is 0 Å². The quantitative estimate of drug-likeness (QED) is 0.560. The van der Waals surface area contributed by atoms with Crippen molar-refractivity contribution in [1.82, 2.24) is 4.98 Å². The summed E-state index contributed by atoms with van der Waals surface area (Å²) in [6, 6.07) is 8.47. The second kappa shape index (κ2) is 6.10. The van der Waals surface area contributed by atoms with E-state index in [0.29, 0.717) is 5.52 Å². The fourth-order valence-corrected chi connectivity index (χ4v) is 2.12. The van der Waals surface area contributed by atoms with Gasteiger partial charge in [0, 0.05) is 17.6 Å². The number of hydrogen-bond donors (Lipinski definition) is 0. The highest BCUT2D eigenvalue weighted by Crippen LogP contribution is 2.22. The second-order valence-electron chi connectivity index (χ2n) is 4.38. The lowest BCUT2D eigenvalue weighted by atomic mass is 10.2. The van der Waals surface area contributed by atoms with Crippen molar-refractivity contribution in [3.8, 4) is 0 Å². The predicted octanol–water partition coefficient (Wildman–Crippen LogP) is 4.09. The summed E-state index contributed by atoms with van der Waals surface area (Å²) >= 11 is 0. The zero-order chi connectivity index (χ0) is 12.8. The van der Waals surface area contributed by atoms with E-state index in [-0.39, 0.29) is 5.69 Å². The number of hydrogen-bond acceptors (Lipinski definition) is 3. The molecule has 3 rings (SSSR count). The zero-order valence-corrected chi connectivity index (χ0v) is 10.2. The van der Waals surface area contributed by atoms with Crippen LogP contribution in [0.2, 0.25) is 0 Å². The lowest BCUT2D eigenvalue weighted by Gasteiger charge is -1.96. The van der Waals surface area contributed by atoms with Gasteiger partial charge >= 0.3 is 0 Å². The van der Waals surface area contributed by atoms with Gasteiger partial charge in [-0.1, -0.05) is 50.3 Å². The van der Waals surface area contributed by atoms with Gasteiger partial charge in [0.2, 0.25) is 0 Å². The van der Waals surface area contributed by atoms with Gasteiger partial charge in [-0.2, -0.15) is 0 Å². The molecule has 0 N–H and O–H groups in total. The molecule has 1 fully saturated rings. The van der Waals surface area contributed by atoms with Crippen molar-refractivity contribution >= 4 is 16.6 Å². The number of para-hydroxylation sites is 1. The number of nitro benzene ring substituents is 1. The summed E-state index contributed by atoms with van der Waals surface area (Å²) in [4.78, 5) is 14.1. The van der Waals surface area contributed by atoms with Gasteiger partial charge in [-0.3, -0.25) is 10.1 Å². The summed E-state index contributed by atoms with van der Waals surface area (Å²) in [6.45, 7) is 0. The van der Waals surface area contributed by atoms with E-state index in [1.165, 1.54) is 38.2 Å². The molecule has 1 aliphatic carbocycles. The fourth-order valence-electron chi connectivity index (χ4n) is 2.12. The van der Waals surface area contributed by atoms with E-state index < -0.39 is 4.92 Å². The first-order chi connectivity index (χ1) is 8.79. The van der Waals surface area contributed by atoms with Gasteiger partial charge in [0.15, 0.2) is 0 Å². The topological polar surface area (TPSA) is 56.0 Å².